The molecule has 1 aliphatic carbocycles. The van der Waals surface area contributed by atoms with Crippen LogP contribution in [-0.2, 0) is 25.9 Å². The van der Waals surface area contributed by atoms with Crippen molar-refractivity contribution < 1.29 is 5.11 Å². The van der Waals surface area contributed by atoms with Gasteiger partial charge in [-0.25, -0.2) is 4.98 Å². The number of aliphatic hydroxyl groups excluding tert-OH is 1. The lowest BCUT2D eigenvalue weighted by Gasteiger charge is -2.26. The number of fused-ring (bicyclic) bond motifs is 2. The van der Waals surface area contributed by atoms with Crippen LogP contribution in [0.15, 0.2) is 47.5 Å². The molecule has 3 aromatic rings. The van der Waals surface area contributed by atoms with E-state index in [0.717, 1.165) is 36.3 Å². The molecule has 6 heteroatoms. The number of aromatic nitrogens is 2. The number of pyridine rings is 2. The average molecular weight is 407 g/mol. The summed E-state index contributed by atoms with van der Waals surface area (Å²) in [7, 11) is 4.01. The number of benzene rings is 1. The van der Waals surface area contributed by atoms with Crippen molar-refractivity contribution in [2.45, 2.75) is 38.9 Å². The van der Waals surface area contributed by atoms with Gasteiger partial charge in [-0.05, 0) is 44.0 Å². The summed E-state index contributed by atoms with van der Waals surface area (Å²) in [4.78, 5) is 22.1. The van der Waals surface area contributed by atoms with E-state index in [1.807, 2.05) is 35.0 Å². The van der Waals surface area contributed by atoms with E-state index in [2.05, 4.69) is 48.1 Å². The maximum atomic E-state index is 13.2. The Hall–Kier alpha value is -2.70. The number of hydrogen-bond donors (Lipinski definition) is 1. The molecule has 30 heavy (non-hydrogen) atoms. The summed E-state index contributed by atoms with van der Waals surface area (Å²) in [5.74, 6) is 0. The predicted molar refractivity (Wildman–Crippen MR) is 121 cm³/mol. The monoisotopic (exact) mass is 406 g/mol. The lowest BCUT2D eigenvalue weighted by molar-refractivity contribution is 0.217. The molecular weight excluding hydrogens is 376 g/mol. The number of aliphatic hydroxyl groups is 1. The van der Waals surface area contributed by atoms with Crippen LogP contribution < -0.4 is 10.3 Å². The summed E-state index contributed by atoms with van der Waals surface area (Å²) in [5.41, 5.74) is 5.27. The third-order valence-electron chi connectivity index (χ3n) is 6.22. The largest absolute Gasteiger partial charge is 0.395 e. The highest BCUT2D eigenvalue weighted by atomic mass is 16.3. The second kappa shape index (κ2) is 8.58. The Bertz CT molecular complexity index is 1080. The molecule has 2 aromatic heterocycles. The molecule has 0 unspecified atom stereocenters. The number of likely N-dealkylation sites (N-methyl/N-ethyl adjacent to an activating group) is 2. The van der Waals surface area contributed by atoms with Crippen molar-refractivity contribution in [2.75, 3.05) is 32.1 Å². The van der Waals surface area contributed by atoms with E-state index in [0.29, 0.717) is 24.5 Å². The van der Waals surface area contributed by atoms with Crippen LogP contribution in [-0.4, -0.2) is 52.8 Å². The minimum absolute atomic E-state index is 0.0250. The smallest absolute Gasteiger partial charge is 0.195 e. The van der Waals surface area contributed by atoms with Gasteiger partial charge in [-0.1, -0.05) is 24.3 Å². The van der Waals surface area contributed by atoms with E-state index in [9.17, 15) is 9.90 Å². The molecule has 4 rings (SSSR count). The standard InChI is InChI=1S/C24H30N4O2/c1-4-28-16-19(15-26(2)9-10-29)23(30)22-13-21(14-25-24(22)28)27(3)20-11-17-7-5-6-8-18(17)12-20/h5-8,13-14,16,20,29H,4,9-12,15H2,1-3H3. The van der Waals surface area contributed by atoms with Crippen molar-refractivity contribution in [2.24, 2.45) is 0 Å². The van der Waals surface area contributed by atoms with E-state index in [1.165, 1.54) is 11.1 Å². The van der Waals surface area contributed by atoms with Gasteiger partial charge in [-0.15, -0.1) is 0 Å². The van der Waals surface area contributed by atoms with Crippen LogP contribution in [0.5, 0.6) is 0 Å². The number of aryl methyl sites for hydroxylation is 1. The fourth-order valence-corrected chi connectivity index (χ4v) is 4.43. The van der Waals surface area contributed by atoms with Crippen LogP contribution >= 0.6 is 0 Å². The van der Waals surface area contributed by atoms with Crippen LogP contribution in [0.2, 0.25) is 0 Å². The molecule has 0 spiro atoms. The molecule has 1 N–H and O–H groups in total. The second-order valence-electron chi connectivity index (χ2n) is 8.24. The van der Waals surface area contributed by atoms with Crippen molar-refractivity contribution in [1.29, 1.82) is 0 Å². The summed E-state index contributed by atoms with van der Waals surface area (Å²) < 4.78 is 2.04. The van der Waals surface area contributed by atoms with Gasteiger partial charge in [-0.3, -0.25) is 9.69 Å². The van der Waals surface area contributed by atoms with Gasteiger partial charge in [0.25, 0.3) is 0 Å². The lowest BCUT2D eigenvalue weighted by atomic mass is 10.1. The quantitative estimate of drug-likeness (QED) is 0.653. The highest BCUT2D eigenvalue weighted by molar-refractivity contribution is 5.79. The van der Waals surface area contributed by atoms with Crippen LogP contribution in [0.4, 0.5) is 5.69 Å². The topological polar surface area (TPSA) is 61.6 Å². The van der Waals surface area contributed by atoms with Gasteiger partial charge in [0, 0.05) is 44.5 Å². The molecule has 0 fully saturated rings. The van der Waals surface area contributed by atoms with Gasteiger partial charge in [0.05, 0.1) is 23.9 Å². The maximum Gasteiger partial charge on any atom is 0.195 e. The zero-order valence-corrected chi connectivity index (χ0v) is 18.0. The summed E-state index contributed by atoms with van der Waals surface area (Å²) in [6, 6.07) is 11.0. The van der Waals surface area contributed by atoms with Crippen molar-refractivity contribution in [1.82, 2.24) is 14.5 Å². The van der Waals surface area contributed by atoms with E-state index >= 15 is 0 Å². The van der Waals surface area contributed by atoms with E-state index in [4.69, 9.17) is 0 Å². The predicted octanol–water partition coefficient (Wildman–Crippen LogP) is 2.44. The molecule has 0 saturated carbocycles. The molecule has 158 valence electrons. The molecule has 0 amide bonds. The van der Waals surface area contributed by atoms with Crippen LogP contribution in [0.1, 0.15) is 23.6 Å². The summed E-state index contributed by atoms with van der Waals surface area (Å²) in [5, 5.41) is 9.84. The molecule has 0 bridgehead atoms. The van der Waals surface area contributed by atoms with Crippen molar-refractivity contribution >= 4 is 16.7 Å². The Balaban J connectivity index is 1.69. The maximum absolute atomic E-state index is 13.2. The number of nitrogens with zero attached hydrogens (tertiary/aromatic N) is 4. The first-order valence-electron chi connectivity index (χ1n) is 10.6. The minimum Gasteiger partial charge on any atom is -0.395 e. The molecule has 1 aromatic carbocycles. The Morgan fingerprint density at radius 3 is 2.53 bits per heavy atom. The molecule has 0 aliphatic heterocycles. The third kappa shape index (κ3) is 3.85. The van der Waals surface area contributed by atoms with Gasteiger partial charge in [-0.2, -0.15) is 0 Å². The number of rotatable bonds is 7. The normalized spacial score (nSPS) is 13.9. The molecule has 0 atom stereocenters. The van der Waals surface area contributed by atoms with E-state index in [1.54, 1.807) is 0 Å². The Morgan fingerprint density at radius 1 is 1.20 bits per heavy atom. The van der Waals surface area contributed by atoms with E-state index < -0.39 is 0 Å². The van der Waals surface area contributed by atoms with Gasteiger partial charge in [0.2, 0.25) is 0 Å². The van der Waals surface area contributed by atoms with Crippen LogP contribution in [0.25, 0.3) is 11.0 Å². The molecular formula is C24H30N4O2. The zero-order valence-electron chi connectivity index (χ0n) is 18.0. The first kappa shape index (κ1) is 20.6. The van der Waals surface area contributed by atoms with Gasteiger partial charge < -0.3 is 14.6 Å². The summed E-state index contributed by atoms with van der Waals surface area (Å²) in [6.07, 6.45) is 5.81. The summed E-state index contributed by atoms with van der Waals surface area (Å²) in [6.45, 7) is 3.92. The molecule has 0 saturated heterocycles. The Morgan fingerprint density at radius 2 is 1.90 bits per heavy atom. The van der Waals surface area contributed by atoms with E-state index in [-0.39, 0.29) is 12.0 Å². The van der Waals surface area contributed by atoms with Crippen molar-refractivity contribution in [3.05, 3.63) is 69.6 Å². The van der Waals surface area contributed by atoms with Crippen molar-refractivity contribution in [3.8, 4) is 0 Å². The van der Waals surface area contributed by atoms with Gasteiger partial charge in [0.1, 0.15) is 5.65 Å². The third-order valence-corrected chi connectivity index (χ3v) is 6.22. The van der Waals surface area contributed by atoms with Crippen LogP contribution in [0, 0.1) is 0 Å². The Labute approximate surface area is 177 Å². The van der Waals surface area contributed by atoms with Gasteiger partial charge in [0.15, 0.2) is 5.43 Å². The number of anilines is 1. The van der Waals surface area contributed by atoms with Crippen LogP contribution in [0.3, 0.4) is 0 Å². The summed E-state index contributed by atoms with van der Waals surface area (Å²) >= 11 is 0. The molecule has 2 heterocycles. The fourth-order valence-electron chi connectivity index (χ4n) is 4.43. The highest BCUT2D eigenvalue weighted by Crippen LogP contribution is 2.28. The molecule has 0 radical (unpaired) electrons. The Kier molecular flexibility index (Phi) is 5.88. The van der Waals surface area contributed by atoms with Crippen molar-refractivity contribution in [3.63, 3.8) is 0 Å². The molecule has 6 nitrogen and oxygen atoms in total. The molecule has 1 aliphatic rings. The minimum atomic E-state index is 0.0250. The lowest BCUT2D eigenvalue weighted by Crippen LogP contribution is -2.32. The SMILES string of the molecule is CCn1cc(CN(C)CCO)c(=O)c2cc(N(C)C3Cc4ccccc4C3)cnc21. The van der Waals surface area contributed by atoms with Gasteiger partial charge >= 0.3 is 0 Å². The first-order chi connectivity index (χ1) is 14.5. The number of hydrogen-bond acceptors (Lipinski definition) is 5. The fraction of sp³-hybridized carbons (Fsp3) is 0.417. The second-order valence-corrected chi connectivity index (χ2v) is 8.24. The first-order valence-corrected chi connectivity index (χ1v) is 10.6. The average Bonchev–Trinajstić information content (AvgIpc) is 3.19. The highest BCUT2D eigenvalue weighted by Gasteiger charge is 2.25. The zero-order chi connectivity index (χ0) is 21.3.